The number of amides is 1. The molecule has 3 nitrogen and oxygen atoms in total. The van der Waals surface area contributed by atoms with Crippen LogP contribution in [0.25, 0.3) is 0 Å². The SMILES string of the molecule is C#C/C=C(/CC(=O)N1CCOCC1)CC(C)C. The lowest BCUT2D eigenvalue weighted by atomic mass is 9.99. The molecule has 1 heterocycles. The minimum absolute atomic E-state index is 0.162. The lowest BCUT2D eigenvalue weighted by Crippen LogP contribution is -2.40. The fourth-order valence-corrected chi connectivity index (χ4v) is 1.94. The van der Waals surface area contributed by atoms with Gasteiger partial charge in [-0.2, -0.15) is 0 Å². The number of terminal acetylenes is 1. The van der Waals surface area contributed by atoms with Crippen LogP contribution < -0.4 is 0 Å². The zero-order valence-electron chi connectivity index (χ0n) is 10.7. The van der Waals surface area contributed by atoms with E-state index in [0.29, 0.717) is 38.6 Å². The Morgan fingerprint density at radius 2 is 2.12 bits per heavy atom. The summed E-state index contributed by atoms with van der Waals surface area (Å²) in [5.74, 6) is 3.21. The van der Waals surface area contributed by atoms with E-state index >= 15 is 0 Å². The molecule has 0 atom stereocenters. The smallest absolute Gasteiger partial charge is 0.226 e. The average Bonchev–Trinajstić information content (AvgIpc) is 2.29. The van der Waals surface area contributed by atoms with Gasteiger partial charge in [-0.1, -0.05) is 25.3 Å². The molecule has 0 aliphatic carbocycles. The van der Waals surface area contributed by atoms with Gasteiger partial charge >= 0.3 is 0 Å². The third-order valence-corrected chi connectivity index (χ3v) is 2.70. The molecule has 17 heavy (non-hydrogen) atoms. The molecule has 1 rings (SSSR count). The second kappa shape index (κ2) is 7.13. The number of carbonyl (C=O) groups excluding carboxylic acids is 1. The standard InChI is InChI=1S/C14H21NO2/c1-4-5-13(10-12(2)3)11-14(16)15-6-8-17-9-7-15/h1,5,12H,6-11H2,2-3H3/b13-5+. The van der Waals surface area contributed by atoms with E-state index in [-0.39, 0.29) is 5.91 Å². The zero-order valence-corrected chi connectivity index (χ0v) is 10.7. The van der Waals surface area contributed by atoms with Crippen LogP contribution in [0.2, 0.25) is 0 Å². The van der Waals surface area contributed by atoms with Crippen molar-refractivity contribution in [3.63, 3.8) is 0 Å². The first-order chi connectivity index (χ1) is 8.13. The van der Waals surface area contributed by atoms with E-state index in [4.69, 9.17) is 11.2 Å². The monoisotopic (exact) mass is 235 g/mol. The Morgan fingerprint density at radius 3 is 2.65 bits per heavy atom. The van der Waals surface area contributed by atoms with Crippen molar-refractivity contribution in [2.45, 2.75) is 26.7 Å². The molecule has 94 valence electrons. The Balaban J connectivity index is 2.51. The Bertz CT molecular complexity index is 320. The van der Waals surface area contributed by atoms with Crippen molar-refractivity contribution in [3.8, 4) is 12.3 Å². The molecule has 0 bridgehead atoms. The third kappa shape index (κ3) is 5.06. The van der Waals surface area contributed by atoms with E-state index < -0.39 is 0 Å². The van der Waals surface area contributed by atoms with E-state index in [0.717, 1.165) is 12.0 Å². The maximum Gasteiger partial charge on any atom is 0.226 e. The molecule has 0 aromatic carbocycles. The molecule has 1 saturated heterocycles. The summed E-state index contributed by atoms with van der Waals surface area (Å²) in [6, 6.07) is 0. The summed E-state index contributed by atoms with van der Waals surface area (Å²) in [6.07, 6.45) is 8.36. The Morgan fingerprint density at radius 1 is 1.47 bits per heavy atom. The highest BCUT2D eigenvalue weighted by Crippen LogP contribution is 2.16. The van der Waals surface area contributed by atoms with Crippen molar-refractivity contribution in [2.24, 2.45) is 5.92 Å². The van der Waals surface area contributed by atoms with E-state index in [2.05, 4.69) is 19.8 Å². The van der Waals surface area contributed by atoms with Gasteiger partial charge in [0.1, 0.15) is 0 Å². The van der Waals surface area contributed by atoms with Crippen molar-refractivity contribution in [2.75, 3.05) is 26.3 Å². The predicted molar refractivity (Wildman–Crippen MR) is 68.4 cm³/mol. The van der Waals surface area contributed by atoms with Crippen LogP contribution in [0.4, 0.5) is 0 Å². The first-order valence-electron chi connectivity index (χ1n) is 6.13. The largest absolute Gasteiger partial charge is 0.378 e. The highest BCUT2D eigenvalue weighted by molar-refractivity contribution is 5.79. The van der Waals surface area contributed by atoms with Crippen LogP contribution >= 0.6 is 0 Å². The first kappa shape index (κ1) is 13.8. The molecule has 1 aliphatic heterocycles. The van der Waals surface area contributed by atoms with E-state index in [9.17, 15) is 4.79 Å². The molecule has 1 fully saturated rings. The van der Waals surface area contributed by atoms with Crippen LogP contribution in [0.15, 0.2) is 11.6 Å². The summed E-state index contributed by atoms with van der Waals surface area (Å²) in [6.45, 7) is 6.94. The average molecular weight is 235 g/mol. The van der Waals surface area contributed by atoms with Gasteiger partial charge in [-0.15, -0.1) is 6.42 Å². The van der Waals surface area contributed by atoms with E-state index in [1.165, 1.54) is 0 Å². The summed E-state index contributed by atoms with van der Waals surface area (Å²) in [4.78, 5) is 13.9. The predicted octanol–water partition coefficient (Wildman–Crippen LogP) is 1.84. The van der Waals surface area contributed by atoms with Gasteiger partial charge in [0.15, 0.2) is 0 Å². The molecule has 0 N–H and O–H groups in total. The Kier molecular flexibility index (Phi) is 5.79. The molecular formula is C14H21NO2. The molecule has 0 aromatic rings. The van der Waals surface area contributed by atoms with E-state index in [1.807, 2.05) is 4.90 Å². The quantitative estimate of drug-likeness (QED) is 0.696. The highest BCUT2D eigenvalue weighted by Gasteiger charge is 2.18. The van der Waals surface area contributed by atoms with Crippen molar-refractivity contribution < 1.29 is 9.53 Å². The number of hydrogen-bond acceptors (Lipinski definition) is 2. The summed E-state index contributed by atoms with van der Waals surface area (Å²) >= 11 is 0. The zero-order chi connectivity index (χ0) is 12.7. The number of allylic oxidation sites excluding steroid dienone is 1. The summed E-state index contributed by atoms with van der Waals surface area (Å²) < 4.78 is 5.23. The summed E-state index contributed by atoms with van der Waals surface area (Å²) in [5, 5.41) is 0. The first-order valence-corrected chi connectivity index (χ1v) is 6.13. The van der Waals surface area contributed by atoms with Gasteiger partial charge in [-0.05, 0) is 18.4 Å². The third-order valence-electron chi connectivity index (χ3n) is 2.70. The fraction of sp³-hybridized carbons (Fsp3) is 0.643. The van der Waals surface area contributed by atoms with Gasteiger partial charge in [-0.25, -0.2) is 0 Å². The van der Waals surface area contributed by atoms with Crippen LogP contribution in [-0.2, 0) is 9.53 Å². The maximum absolute atomic E-state index is 12.0. The minimum atomic E-state index is 0.162. The molecular weight excluding hydrogens is 214 g/mol. The topological polar surface area (TPSA) is 29.5 Å². The van der Waals surface area contributed by atoms with Gasteiger partial charge < -0.3 is 9.64 Å². The second-order valence-electron chi connectivity index (χ2n) is 4.74. The number of nitrogens with zero attached hydrogens (tertiary/aromatic N) is 1. The number of hydrogen-bond donors (Lipinski definition) is 0. The van der Waals surface area contributed by atoms with Crippen molar-refractivity contribution in [3.05, 3.63) is 11.6 Å². The van der Waals surface area contributed by atoms with Crippen LogP contribution in [0.1, 0.15) is 26.7 Å². The van der Waals surface area contributed by atoms with Gasteiger partial charge in [0.05, 0.1) is 13.2 Å². The molecule has 0 unspecified atom stereocenters. The second-order valence-corrected chi connectivity index (χ2v) is 4.74. The number of morpholine rings is 1. The maximum atomic E-state index is 12.0. The van der Waals surface area contributed by atoms with E-state index in [1.54, 1.807) is 6.08 Å². The molecule has 0 saturated carbocycles. The molecule has 0 spiro atoms. The van der Waals surface area contributed by atoms with Crippen LogP contribution in [-0.4, -0.2) is 37.1 Å². The molecule has 1 aliphatic rings. The molecule has 0 radical (unpaired) electrons. The summed E-state index contributed by atoms with van der Waals surface area (Å²) in [7, 11) is 0. The van der Waals surface area contributed by atoms with Crippen molar-refractivity contribution >= 4 is 5.91 Å². The van der Waals surface area contributed by atoms with Crippen LogP contribution in [0, 0.1) is 18.3 Å². The Labute approximate surface area is 104 Å². The van der Waals surface area contributed by atoms with Gasteiger partial charge in [0.25, 0.3) is 0 Å². The van der Waals surface area contributed by atoms with Gasteiger partial charge in [-0.3, -0.25) is 4.79 Å². The number of rotatable bonds is 4. The normalized spacial score (nSPS) is 17.1. The van der Waals surface area contributed by atoms with Crippen molar-refractivity contribution in [1.29, 1.82) is 0 Å². The highest BCUT2D eigenvalue weighted by atomic mass is 16.5. The minimum Gasteiger partial charge on any atom is -0.378 e. The summed E-state index contributed by atoms with van der Waals surface area (Å²) in [5.41, 5.74) is 1.05. The Hall–Kier alpha value is -1.27. The van der Waals surface area contributed by atoms with Gasteiger partial charge in [0.2, 0.25) is 5.91 Å². The number of carbonyl (C=O) groups is 1. The number of ether oxygens (including phenoxy) is 1. The van der Waals surface area contributed by atoms with Crippen LogP contribution in [0.5, 0.6) is 0 Å². The molecule has 1 amide bonds. The fourth-order valence-electron chi connectivity index (χ4n) is 1.94. The lowest BCUT2D eigenvalue weighted by molar-refractivity contribution is -0.134. The van der Waals surface area contributed by atoms with Crippen molar-refractivity contribution in [1.82, 2.24) is 4.90 Å². The molecule has 3 heteroatoms. The molecule has 0 aromatic heterocycles. The van der Waals surface area contributed by atoms with Crippen LogP contribution in [0.3, 0.4) is 0 Å². The lowest BCUT2D eigenvalue weighted by Gasteiger charge is -2.27. The van der Waals surface area contributed by atoms with Gasteiger partial charge in [0, 0.05) is 19.5 Å².